The first-order valence-electron chi connectivity index (χ1n) is 5.84. The third-order valence-electron chi connectivity index (χ3n) is 2.42. The van der Waals surface area contributed by atoms with Gasteiger partial charge in [0, 0.05) is 38.2 Å². The van der Waals surface area contributed by atoms with Crippen molar-refractivity contribution in [1.82, 2.24) is 9.97 Å². The molecule has 0 atom stereocenters. The maximum Gasteiger partial charge on any atom is 0.252 e. The van der Waals surface area contributed by atoms with Crippen LogP contribution in [-0.4, -0.2) is 36.1 Å². The average Bonchev–Trinajstić information content (AvgIpc) is 2.28. The maximum absolute atomic E-state index is 11.5. The van der Waals surface area contributed by atoms with E-state index in [2.05, 4.69) is 9.97 Å². The fourth-order valence-electron chi connectivity index (χ4n) is 1.55. The lowest BCUT2D eigenvalue weighted by atomic mass is 10.2. The summed E-state index contributed by atoms with van der Waals surface area (Å²) in [6.45, 7) is 6.27. The second-order valence-corrected chi connectivity index (χ2v) is 4.21. The van der Waals surface area contributed by atoms with Gasteiger partial charge in [-0.2, -0.15) is 0 Å². The minimum absolute atomic E-state index is 0.141. The molecule has 0 saturated carbocycles. The number of hydrogen-bond acceptors (Lipinski definition) is 5. The van der Waals surface area contributed by atoms with Gasteiger partial charge in [-0.15, -0.1) is 0 Å². The van der Waals surface area contributed by atoms with Crippen molar-refractivity contribution in [2.45, 2.75) is 19.8 Å². The predicted octanol–water partition coefficient (Wildman–Crippen LogP) is -0.383. The molecule has 0 radical (unpaired) electrons. The topological polar surface area (TPSA) is 101 Å². The summed E-state index contributed by atoms with van der Waals surface area (Å²) < 4.78 is 0. The van der Waals surface area contributed by atoms with Gasteiger partial charge in [0.15, 0.2) is 0 Å². The van der Waals surface area contributed by atoms with Crippen molar-refractivity contribution in [3.63, 3.8) is 0 Å². The number of aromatic nitrogens is 2. The maximum atomic E-state index is 11.5. The van der Waals surface area contributed by atoms with Crippen LogP contribution in [0.15, 0.2) is 10.9 Å². The second kappa shape index (κ2) is 6.36. The van der Waals surface area contributed by atoms with Gasteiger partial charge in [0.2, 0.25) is 0 Å². The van der Waals surface area contributed by atoms with E-state index in [0.717, 1.165) is 0 Å². The van der Waals surface area contributed by atoms with E-state index in [1.165, 1.54) is 6.07 Å². The van der Waals surface area contributed by atoms with E-state index in [4.69, 9.17) is 11.5 Å². The highest BCUT2D eigenvalue weighted by atomic mass is 16.1. The summed E-state index contributed by atoms with van der Waals surface area (Å²) in [6.07, 6.45) is 0. The van der Waals surface area contributed by atoms with E-state index in [9.17, 15) is 4.79 Å². The molecule has 0 aliphatic carbocycles. The summed E-state index contributed by atoms with van der Waals surface area (Å²) in [4.78, 5) is 20.6. The van der Waals surface area contributed by atoms with Crippen LogP contribution >= 0.6 is 0 Å². The molecule has 0 aromatic carbocycles. The van der Waals surface area contributed by atoms with Gasteiger partial charge in [0.05, 0.1) is 0 Å². The molecular weight excluding hydrogens is 218 g/mol. The number of rotatable bonds is 6. The van der Waals surface area contributed by atoms with Crippen molar-refractivity contribution in [2.24, 2.45) is 11.5 Å². The number of nitrogens with two attached hydrogens (primary N) is 2. The lowest BCUT2D eigenvalue weighted by molar-refractivity contribution is 0.729. The van der Waals surface area contributed by atoms with Gasteiger partial charge >= 0.3 is 0 Å². The molecule has 0 aliphatic heterocycles. The zero-order chi connectivity index (χ0) is 12.8. The van der Waals surface area contributed by atoms with E-state index in [-0.39, 0.29) is 11.5 Å². The number of anilines is 1. The Labute approximate surface area is 101 Å². The molecule has 0 aliphatic rings. The minimum Gasteiger partial charge on any atom is -0.354 e. The molecule has 0 unspecified atom stereocenters. The zero-order valence-corrected chi connectivity index (χ0v) is 10.4. The molecule has 1 aromatic heterocycles. The van der Waals surface area contributed by atoms with Gasteiger partial charge < -0.3 is 21.4 Å². The predicted molar refractivity (Wildman–Crippen MR) is 69.3 cm³/mol. The summed E-state index contributed by atoms with van der Waals surface area (Å²) in [6, 6.07) is 1.48. The van der Waals surface area contributed by atoms with Crippen LogP contribution in [0.3, 0.4) is 0 Å². The molecule has 5 N–H and O–H groups in total. The second-order valence-electron chi connectivity index (χ2n) is 4.21. The smallest absolute Gasteiger partial charge is 0.252 e. The Balaban J connectivity index is 3.05. The van der Waals surface area contributed by atoms with Crippen LogP contribution in [0.2, 0.25) is 0 Å². The van der Waals surface area contributed by atoms with Crippen LogP contribution in [0.4, 0.5) is 5.82 Å². The first-order chi connectivity index (χ1) is 8.08. The van der Waals surface area contributed by atoms with Crippen LogP contribution in [0.1, 0.15) is 25.6 Å². The Morgan fingerprint density at radius 2 is 1.94 bits per heavy atom. The van der Waals surface area contributed by atoms with E-state index < -0.39 is 0 Å². The highest BCUT2D eigenvalue weighted by Gasteiger charge is 2.10. The Hall–Kier alpha value is -1.40. The van der Waals surface area contributed by atoms with E-state index in [0.29, 0.717) is 37.8 Å². The van der Waals surface area contributed by atoms with Crippen molar-refractivity contribution in [3.8, 4) is 0 Å². The fraction of sp³-hybridized carbons (Fsp3) is 0.636. The SMILES string of the molecule is CC(C)c1nc(N(CCN)CCN)cc(=O)[nH]1. The highest BCUT2D eigenvalue weighted by molar-refractivity contribution is 5.37. The normalized spacial score (nSPS) is 10.9. The van der Waals surface area contributed by atoms with Crippen molar-refractivity contribution >= 4 is 5.82 Å². The van der Waals surface area contributed by atoms with Crippen molar-refractivity contribution in [1.29, 1.82) is 0 Å². The van der Waals surface area contributed by atoms with Crippen molar-refractivity contribution < 1.29 is 0 Å². The van der Waals surface area contributed by atoms with Crippen LogP contribution in [-0.2, 0) is 0 Å². The Kier molecular flexibility index (Phi) is 5.11. The number of hydrogen-bond donors (Lipinski definition) is 3. The average molecular weight is 239 g/mol. The molecule has 1 aromatic rings. The quantitative estimate of drug-likeness (QED) is 0.628. The number of H-pyrrole nitrogens is 1. The van der Waals surface area contributed by atoms with E-state index in [1.807, 2.05) is 18.7 Å². The van der Waals surface area contributed by atoms with E-state index >= 15 is 0 Å². The molecule has 1 heterocycles. The van der Waals surface area contributed by atoms with Crippen molar-refractivity contribution in [2.75, 3.05) is 31.1 Å². The standard InChI is InChI=1S/C11H21N5O/c1-8(2)11-14-9(7-10(17)15-11)16(5-3-12)6-4-13/h7-8H,3-6,12-13H2,1-2H3,(H,14,15,17). The first kappa shape index (κ1) is 13.7. The molecule has 0 spiro atoms. The summed E-state index contributed by atoms with van der Waals surface area (Å²) in [5.74, 6) is 1.51. The molecule has 0 bridgehead atoms. The van der Waals surface area contributed by atoms with Crippen LogP contribution in [0, 0.1) is 0 Å². The fourth-order valence-corrected chi connectivity index (χ4v) is 1.55. The van der Waals surface area contributed by atoms with Crippen LogP contribution in [0.5, 0.6) is 0 Å². The monoisotopic (exact) mass is 239 g/mol. The van der Waals surface area contributed by atoms with Crippen LogP contribution in [0.25, 0.3) is 0 Å². The number of aromatic amines is 1. The molecule has 0 amide bonds. The molecule has 6 nitrogen and oxygen atoms in total. The van der Waals surface area contributed by atoms with Gasteiger partial charge in [-0.1, -0.05) is 13.8 Å². The molecule has 17 heavy (non-hydrogen) atoms. The summed E-state index contributed by atoms with van der Waals surface area (Å²) >= 11 is 0. The largest absolute Gasteiger partial charge is 0.354 e. The van der Waals surface area contributed by atoms with Crippen molar-refractivity contribution in [3.05, 3.63) is 22.2 Å². The summed E-state index contributed by atoms with van der Waals surface area (Å²) in [7, 11) is 0. The molecule has 1 rings (SSSR count). The molecule has 0 saturated heterocycles. The third-order valence-corrected chi connectivity index (χ3v) is 2.42. The van der Waals surface area contributed by atoms with Gasteiger partial charge in [0.25, 0.3) is 5.56 Å². The Morgan fingerprint density at radius 3 is 2.41 bits per heavy atom. The van der Waals surface area contributed by atoms with Gasteiger partial charge in [-0.25, -0.2) is 4.98 Å². The minimum atomic E-state index is -0.141. The lowest BCUT2D eigenvalue weighted by Crippen LogP contribution is -2.35. The molecular formula is C11H21N5O. The van der Waals surface area contributed by atoms with Gasteiger partial charge in [-0.3, -0.25) is 4.79 Å². The summed E-state index contributed by atoms with van der Waals surface area (Å²) in [5, 5.41) is 0. The third kappa shape index (κ3) is 3.83. The highest BCUT2D eigenvalue weighted by Crippen LogP contribution is 2.12. The van der Waals surface area contributed by atoms with Crippen LogP contribution < -0.4 is 21.9 Å². The number of nitrogens with zero attached hydrogens (tertiary/aromatic N) is 2. The van der Waals surface area contributed by atoms with E-state index in [1.54, 1.807) is 0 Å². The molecule has 0 fully saturated rings. The molecule has 96 valence electrons. The lowest BCUT2D eigenvalue weighted by Gasteiger charge is -2.22. The summed E-state index contributed by atoms with van der Waals surface area (Å²) in [5.41, 5.74) is 10.9. The van der Waals surface area contributed by atoms with Gasteiger partial charge in [-0.05, 0) is 0 Å². The number of nitrogens with one attached hydrogen (secondary N) is 1. The first-order valence-corrected chi connectivity index (χ1v) is 5.84. The zero-order valence-electron chi connectivity index (χ0n) is 10.4. The van der Waals surface area contributed by atoms with Gasteiger partial charge in [0.1, 0.15) is 11.6 Å². The Bertz CT molecular complexity index is 395. The molecule has 6 heteroatoms. The Morgan fingerprint density at radius 1 is 1.35 bits per heavy atom.